The van der Waals surface area contributed by atoms with E-state index in [1.54, 1.807) is 0 Å². The van der Waals surface area contributed by atoms with Crippen LogP contribution in [0, 0.1) is 0 Å². The molecule has 60 valence electrons. The second-order valence-corrected chi connectivity index (χ2v) is 1.91. The fraction of sp³-hybridized carbons (Fsp3) is 0.800. The van der Waals surface area contributed by atoms with Crippen molar-refractivity contribution in [2.45, 2.75) is 0 Å². The van der Waals surface area contributed by atoms with Crippen LogP contribution in [-0.4, -0.2) is 36.7 Å². The maximum atomic E-state index is 8.26. The lowest BCUT2D eigenvalue weighted by atomic mass is 10.7. The van der Waals surface area contributed by atoms with E-state index in [-0.39, 0.29) is 11.8 Å². The number of rotatable bonds is 5. The minimum absolute atomic E-state index is 0.0209. The van der Waals surface area contributed by atoms with Gasteiger partial charge in [0, 0.05) is 0 Å². The van der Waals surface area contributed by atoms with Crippen molar-refractivity contribution in [3.05, 3.63) is 0 Å². The van der Waals surface area contributed by atoms with Gasteiger partial charge in [-0.15, -0.1) is 0 Å². The Bertz CT molecular complexity index is 98.9. The molecule has 4 nitrogen and oxygen atoms in total. The molecule has 0 aromatic rings. The first-order chi connectivity index (χ1) is 4.77. The standard InChI is InChI=1S/C5H11NO3S/c6-5(10)9-4-3-8-2-1-7/h7H,1-4H2,(H2,6,10). The van der Waals surface area contributed by atoms with Crippen molar-refractivity contribution >= 4 is 17.4 Å². The molecule has 0 aromatic heterocycles. The molecule has 0 heterocycles. The van der Waals surface area contributed by atoms with Crippen LogP contribution >= 0.6 is 12.2 Å². The Kier molecular flexibility index (Phi) is 6.46. The highest BCUT2D eigenvalue weighted by Crippen LogP contribution is 1.77. The van der Waals surface area contributed by atoms with E-state index in [2.05, 4.69) is 12.2 Å². The predicted molar refractivity (Wildman–Crippen MR) is 40.6 cm³/mol. The third-order valence-electron chi connectivity index (χ3n) is 0.708. The summed E-state index contributed by atoms with van der Waals surface area (Å²) >= 11 is 4.42. The summed E-state index contributed by atoms with van der Waals surface area (Å²) in [5.41, 5.74) is 5.01. The molecule has 0 spiro atoms. The average Bonchev–Trinajstić information content (AvgIpc) is 1.87. The summed E-state index contributed by atoms with van der Waals surface area (Å²) in [5.74, 6) is 0. The lowest BCUT2D eigenvalue weighted by Crippen LogP contribution is -2.16. The normalized spacial score (nSPS) is 9.30. The molecule has 0 fully saturated rings. The number of nitrogens with two attached hydrogens (primary N) is 1. The summed E-state index contributed by atoms with van der Waals surface area (Å²) in [5, 5.41) is 8.28. The number of aliphatic hydroxyl groups excluding tert-OH is 1. The van der Waals surface area contributed by atoms with Crippen LogP contribution in [0.25, 0.3) is 0 Å². The van der Waals surface area contributed by atoms with Gasteiger partial charge in [0.05, 0.1) is 19.8 Å². The number of hydrogen-bond donors (Lipinski definition) is 2. The summed E-state index contributed by atoms with van der Waals surface area (Å²) in [6.07, 6.45) is 0. The average molecular weight is 165 g/mol. The summed E-state index contributed by atoms with van der Waals surface area (Å²) in [6.45, 7) is 1.08. The lowest BCUT2D eigenvalue weighted by Gasteiger charge is -2.02. The van der Waals surface area contributed by atoms with Gasteiger partial charge < -0.3 is 20.3 Å². The van der Waals surface area contributed by atoms with E-state index >= 15 is 0 Å². The predicted octanol–water partition coefficient (Wildman–Crippen LogP) is -0.744. The molecule has 10 heavy (non-hydrogen) atoms. The van der Waals surface area contributed by atoms with Crippen LogP contribution in [0.5, 0.6) is 0 Å². The fourth-order valence-electron chi connectivity index (χ4n) is 0.368. The van der Waals surface area contributed by atoms with Gasteiger partial charge in [0.25, 0.3) is 5.17 Å². The molecule has 0 aliphatic carbocycles. The molecule has 0 unspecified atom stereocenters. The number of hydrogen-bond acceptors (Lipinski definition) is 4. The minimum atomic E-state index is 0.0209. The van der Waals surface area contributed by atoms with Crippen molar-refractivity contribution in [1.82, 2.24) is 0 Å². The molecular formula is C5H11NO3S. The van der Waals surface area contributed by atoms with Gasteiger partial charge in [-0.3, -0.25) is 0 Å². The van der Waals surface area contributed by atoms with E-state index in [1.807, 2.05) is 0 Å². The summed E-state index contributed by atoms with van der Waals surface area (Å²) in [7, 11) is 0. The molecule has 3 N–H and O–H groups in total. The zero-order valence-corrected chi connectivity index (χ0v) is 6.39. The van der Waals surface area contributed by atoms with Gasteiger partial charge in [-0.1, -0.05) is 0 Å². The first-order valence-corrected chi connectivity index (χ1v) is 3.29. The topological polar surface area (TPSA) is 64.7 Å². The highest BCUT2D eigenvalue weighted by molar-refractivity contribution is 7.80. The van der Waals surface area contributed by atoms with Crippen molar-refractivity contribution in [3.8, 4) is 0 Å². The van der Waals surface area contributed by atoms with E-state index in [4.69, 9.17) is 20.3 Å². The molecule has 0 aliphatic rings. The minimum Gasteiger partial charge on any atom is -0.469 e. The molecule has 0 atom stereocenters. The van der Waals surface area contributed by atoms with Crippen molar-refractivity contribution in [2.24, 2.45) is 5.73 Å². The lowest BCUT2D eigenvalue weighted by molar-refractivity contribution is 0.0684. The van der Waals surface area contributed by atoms with Crippen LogP contribution < -0.4 is 5.73 Å². The molecular weight excluding hydrogens is 154 g/mol. The summed E-state index contributed by atoms with van der Waals surface area (Å²) in [4.78, 5) is 0. The highest BCUT2D eigenvalue weighted by Gasteiger charge is 1.88. The number of thiocarbonyl (C=S) groups is 1. The molecule has 0 amide bonds. The maximum absolute atomic E-state index is 8.26. The number of ether oxygens (including phenoxy) is 2. The van der Waals surface area contributed by atoms with Gasteiger partial charge in [0.1, 0.15) is 6.61 Å². The summed E-state index contributed by atoms with van der Waals surface area (Å²) < 4.78 is 9.53. The Labute approximate surface area is 64.9 Å². The van der Waals surface area contributed by atoms with Gasteiger partial charge in [0.15, 0.2) is 0 Å². The van der Waals surface area contributed by atoms with Crippen molar-refractivity contribution in [2.75, 3.05) is 26.4 Å². The monoisotopic (exact) mass is 165 g/mol. The van der Waals surface area contributed by atoms with Crippen molar-refractivity contribution < 1.29 is 14.6 Å². The van der Waals surface area contributed by atoms with Crippen LogP contribution in [-0.2, 0) is 9.47 Å². The van der Waals surface area contributed by atoms with Gasteiger partial charge >= 0.3 is 0 Å². The molecule has 5 heteroatoms. The Morgan fingerprint density at radius 2 is 2.10 bits per heavy atom. The molecule has 0 aromatic carbocycles. The fourth-order valence-corrected chi connectivity index (χ4v) is 0.451. The van der Waals surface area contributed by atoms with Gasteiger partial charge in [0.2, 0.25) is 0 Å². The smallest absolute Gasteiger partial charge is 0.254 e. The van der Waals surface area contributed by atoms with E-state index in [1.165, 1.54) is 0 Å². The van der Waals surface area contributed by atoms with E-state index < -0.39 is 0 Å². The Morgan fingerprint density at radius 1 is 1.40 bits per heavy atom. The van der Waals surface area contributed by atoms with Crippen molar-refractivity contribution in [3.63, 3.8) is 0 Å². The Balaban J connectivity index is 2.84. The van der Waals surface area contributed by atoms with Crippen LogP contribution in [0.1, 0.15) is 0 Å². The Hall–Kier alpha value is -0.390. The molecule has 0 saturated heterocycles. The van der Waals surface area contributed by atoms with E-state index in [9.17, 15) is 0 Å². The second-order valence-electron chi connectivity index (χ2n) is 1.50. The van der Waals surface area contributed by atoms with E-state index in [0.717, 1.165) is 0 Å². The first-order valence-electron chi connectivity index (χ1n) is 2.88. The zero-order chi connectivity index (χ0) is 7.82. The summed E-state index contributed by atoms with van der Waals surface area (Å²) in [6, 6.07) is 0. The van der Waals surface area contributed by atoms with Crippen LogP contribution in [0.4, 0.5) is 0 Å². The third-order valence-corrected chi connectivity index (χ3v) is 0.825. The van der Waals surface area contributed by atoms with Gasteiger partial charge in [-0.2, -0.15) is 0 Å². The zero-order valence-electron chi connectivity index (χ0n) is 5.58. The van der Waals surface area contributed by atoms with Crippen LogP contribution in [0.2, 0.25) is 0 Å². The number of aliphatic hydroxyl groups is 1. The first kappa shape index (κ1) is 9.61. The van der Waals surface area contributed by atoms with Gasteiger partial charge in [-0.05, 0) is 12.2 Å². The third kappa shape index (κ3) is 7.61. The van der Waals surface area contributed by atoms with Gasteiger partial charge in [-0.25, -0.2) is 0 Å². The van der Waals surface area contributed by atoms with Crippen LogP contribution in [0.15, 0.2) is 0 Å². The van der Waals surface area contributed by atoms with E-state index in [0.29, 0.717) is 19.8 Å². The molecule has 0 bridgehead atoms. The Morgan fingerprint density at radius 3 is 2.60 bits per heavy atom. The largest absolute Gasteiger partial charge is 0.469 e. The van der Waals surface area contributed by atoms with Crippen molar-refractivity contribution in [1.29, 1.82) is 0 Å². The second kappa shape index (κ2) is 6.73. The SMILES string of the molecule is NC(=S)OCCOCCO. The highest BCUT2D eigenvalue weighted by atomic mass is 32.1. The quantitative estimate of drug-likeness (QED) is 0.415. The molecule has 0 saturated carbocycles. The molecule has 0 radical (unpaired) electrons. The molecule has 0 rings (SSSR count). The molecule has 0 aliphatic heterocycles. The van der Waals surface area contributed by atoms with Crippen LogP contribution in [0.3, 0.4) is 0 Å². The maximum Gasteiger partial charge on any atom is 0.254 e.